The van der Waals surface area contributed by atoms with Crippen molar-refractivity contribution in [3.05, 3.63) is 34.0 Å². The van der Waals surface area contributed by atoms with Gasteiger partial charge in [-0.3, -0.25) is 9.69 Å². The van der Waals surface area contributed by atoms with Crippen LogP contribution in [0, 0.1) is 0 Å². The molecule has 2 aromatic rings. The quantitative estimate of drug-likeness (QED) is 0.852. The van der Waals surface area contributed by atoms with Gasteiger partial charge in [0, 0.05) is 50.4 Å². The van der Waals surface area contributed by atoms with Gasteiger partial charge in [0.15, 0.2) is 5.82 Å². The molecular weight excluding hydrogens is 310 g/mol. The van der Waals surface area contributed by atoms with Crippen molar-refractivity contribution in [1.82, 2.24) is 24.6 Å². The molecule has 1 saturated heterocycles. The van der Waals surface area contributed by atoms with E-state index in [0.29, 0.717) is 13.0 Å². The molecule has 0 radical (unpaired) electrons. The monoisotopic (exact) mass is 331 g/mol. The van der Waals surface area contributed by atoms with Crippen LogP contribution < -0.4 is 0 Å². The maximum absolute atomic E-state index is 11.8. The van der Waals surface area contributed by atoms with Gasteiger partial charge in [0.2, 0.25) is 5.91 Å². The highest BCUT2D eigenvalue weighted by atomic mass is 32.1. The molecule has 6 nitrogen and oxygen atoms in total. The average molecular weight is 331 g/mol. The number of amides is 1. The van der Waals surface area contributed by atoms with Gasteiger partial charge in [-0.15, -0.1) is 21.5 Å². The first-order valence-electron chi connectivity index (χ1n) is 8.23. The summed E-state index contributed by atoms with van der Waals surface area (Å²) in [5.41, 5.74) is 0. The number of hydrogen-bond donors (Lipinski definition) is 0. The Morgan fingerprint density at radius 3 is 2.83 bits per heavy atom. The molecular formula is C16H21N5OS. The summed E-state index contributed by atoms with van der Waals surface area (Å²) in [5, 5.41) is 10.8. The molecule has 0 aliphatic carbocycles. The summed E-state index contributed by atoms with van der Waals surface area (Å²) in [7, 11) is 0. The van der Waals surface area contributed by atoms with Gasteiger partial charge in [-0.1, -0.05) is 6.07 Å². The van der Waals surface area contributed by atoms with Gasteiger partial charge >= 0.3 is 0 Å². The highest BCUT2D eigenvalue weighted by Gasteiger charge is 2.24. The summed E-state index contributed by atoms with van der Waals surface area (Å²) in [5.74, 6) is 2.24. The maximum atomic E-state index is 11.8. The first-order valence-corrected chi connectivity index (χ1v) is 9.11. The fraction of sp³-hybridized carbons (Fsp3) is 0.562. The SMILES string of the molecule is O=C1CCCN1Cc1nnc2n1CCN(Cc1cccs1)CC2. The Balaban J connectivity index is 1.43. The van der Waals surface area contributed by atoms with Crippen molar-refractivity contribution < 1.29 is 4.79 Å². The summed E-state index contributed by atoms with van der Waals surface area (Å²) in [4.78, 5) is 17.6. The summed E-state index contributed by atoms with van der Waals surface area (Å²) >= 11 is 1.81. The summed E-state index contributed by atoms with van der Waals surface area (Å²) in [6.45, 7) is 5.39. The highest BCUT2D eigenvalue weighted by Crippen LogP contribution is 2.18. The van der Waals surface area contributed by atoms with Crippen molar-refractivity contribution in [2.24, 2.45) is 0 Å². The molecule has 0 N–H and O–H groups in total. The Morgan fingerprint density at radius 1 is 1.09 bits per heavy atom. The van der Waals surface area contributed by atoms with E-state index in [4.69, 9.17) is 0 Å². The number of carbonyl (C=O) groups is 1. The van der Waals surface area contributed by atoms with Crippen LogP contribution in [0.2, 0.25) is 0 Å². The molecule has 0 spiro atoms. The molecule has 0 saturated carbocycles. The molecule has 7 heteroatoms. The third kappa shape index (κ3) is 3.16. The van der Waals surface area contributed by atoms with Crippen molar-refractivity contribution >= 4 is 17.2 Å². The molecule has 2 aromatic heterocycles. The normalized spacial score (nSPS) is 19.1. The second kappa shape index (κ2) is 6.41. The maximum Gasteiger partial charge on any atom is 0.223 e. The molecule has 4 rings (SSSR count). The average Bonchev–Trinajstić information content (AvgIpc) is 3.24. The molecule has 0 aromatic carbocycles. The lowest BCUT2D eigenvalue weighted by atomic mass is 10.3. The van der Waals surface area contributed by atoms with E-state index < -0.39 is 0 Å². The Bertz CT molecular complexity index is 681. The predicted octanol–water partition coefficient (Wildman–Crippen LogP) is 1.52. The van der Waals surface area contributed by atoms with Gasteiger partial charge in [-0.2, -0.15) is 0 Å². The van der Waals surface area contributed by atoms with Crippen molar-refractivity contribution in [3.63, 3.8) is 0 Å². The van der Waals surface area contributed by atoms with E-state index in [2.05, 4.69) is 37.2 Å². The van der Waals surface area contributed by atoms with Gasteiger partial charge in [0.1, 0.15) is 5.82 Å². The lowest BCUT2D eigenvalue weighted by molar-refractivity contribution is -0.128. The van der Waals surface area contributed by atoms with Crippen molar-refractivity contribution in [1.29, 1.82) is 0 Å². The van der Waals surface area contributed by atoms with E-state index in [0.717, 1.165) is 57.2 Å². The zero-order valence-electron chi connectivity index (χ0n) is 13.1. The third-order valence-corrected chi connectivity index (χ3v) is 5.52. The van der Waals surface area contributed by atoms with E-state index in [1.165, 1.54) is 4.88 Å². The predicted molar refractivity (Wildman–Crippen MR) is 88.0 cm³/mol. The van der Waals surface area contributed by atoms with E-state index in [1.807, 2.05) is 16.2 Å². The molecule has 0 bridgehead atoms. The van der Waals surface area contributed by atoms with Crippen LogP contribution in [0.15, 0.2) is 17.5 Å². The zero-order chi connectivity index (χ0) is 15.6. The number of fused-ring (bicyclic) bond motifs is 1. The molecule has 2 aliphatic heterocycles. The van der Waals surface area contributed by atoms with Crippen LogP contribution in [0.4, 0.5) is 0 Å². The van der Waals surface area contributed by atoms with Crippen LogP contribution in [0.1, 0.15) is 29.4 Å². The molecule has 1 fully saturated rings. The smallest absolute Gasteiger partial charge is 0.223 e. The minimum Gasteiger partial charge on any atom is -0.335 e. The molecule has 4 heterocycles. The number of likely N-dealkylation sites (tertiary alicyclic amines) is 1. The van der Waals surface area contributed by atoms with E-state index >= 15 is 0 Å². The van der Waals surface area contributed by atoms with Gasteiger partial charge in [0.05, 0.1) is 6.54 Å². The zero-order valence-corrected chi connectivity index (χ0v) is 14.0. The third-order valence-electron chi connectivity index (χ3n) is 4.66. The molecule has 1 amide bonds. The van der Waals surface area contributed by atoms with Crippen LogP contribution in [0.5, 0.6) is 0 Å². The van der Waals surface area contributed by atoms with Crippen LogP contribution in [-0.4, -0.2) is 50.1 Å². The van der Waals surface area contributed by atoms with Gasteiger partial charge in [0.25, 0.3) is 0 Å². The number of rotatable bonds is 4. The van der Waals surface area contributed by atoms with Crippen LogP contribution >= 0.6 is 11.3 Å². The Labute approximate surface area is 139 Å². The highest BCUT2D eigenvalue weighted by molar-refractivity contribution is 7.09. The van der Waals surface area contributed by atoms with Crippen molar-refractivity contribution in [2.75, 3.05) is 19.6 Å². The minimum absolute atomic E-state index is 0.246. The number of hydrogen-bond acceptors (Lipinski definition) is 5. The fourth-order valence-electron chi connectivity index (χ4n) is 3.37. The van der Waals surface area contributed by atoms with Gasteiger partial charge in [-0.25, -0.2) is 0 Å². The summed E-state index contributed by atoms with van der Waals surface area (Å²) in [6.07, 6.45) is 2.57. The van der Waals surface area contributed by atoms with E-state index in [-0.39, 0.29) is 5.91 Å². The van der Waals surface area contributed by atoms with Gasteiger partial charge in [-0.05, 0) is 17.9 Å². The van der Waals surface area contributed by atoms with Crippen LogP contribution in [-0.2, 0) is 30.8 Å². The molecule has 2 aliphatic rings. The molecule has 0 atom stereocenters. The van der Waals surface area contributed by atoms with Crippen molar-refractivity contribution in [3.8, 4) is 0 Å². The standard InChI is InChI=1S/C16H21N5OS/c22-16-4-1-6-20(16)12-15-18-17-14-5-7-19(8-9-21(14)15)11-13-3-2-10-23-13/h2-3,10H,1,4-9,11-12H2. The number of carbonyl (C=O) groups excluding carboxylic acids is 1. The molecule has 23 heavy (non-hydrogen) atoms. The fourth-order valence-corrected chi connectivity index (χ4v) is 4.11. The summed E-state index contributed by atoms with van der Waals surface area (Å²) in [6, 6.07) is 4.30. The van der Waals surface area contributed by atoms with Gasteiger partial charge < -0.3 is 9.47 Å². The molecule has 122 valence electrons. The second-order valence-corrected chi connectivity index (χ2v) is 7.24. The lowest BCUT2D eigenvalue weighted by Crippen LogP contribution is -2.28. The largest absolute Gasteiger partial charge is 0.335 e. The number of nitrogens with zero attached hydrogens (tertiary/aromatic N) is 5. The first kappa shape index (κ1) is 14.8. The van der Waals surface area contributed by atoms with E-state index in [1.54, 1.807) is 0 Å². The second-order valence-electron chi connectivity index (χ2n) is 6.21. The molecule has 0 unspecified atom stereocenters. The number of thiophene rings is 1. The Kier molecular flexibility index (Phi) is 4.13. The lowest BCUT2D eigenvalue weighted by Gasteiger charge is -2.19. The van der Waals surface area contributed by atoms with Crippen molar-refractivity contribution in [2.45, 2.75) is 38.9 Å². The van der Waals surface area contributed by atoms with Crippen LogP contribution in [0.25, 0.3) is 0 Å². The minimum atomic E-state index is 0.246. The summed E-state index contributed by atoms with van der Waals surface area (Å²) < 4.78 is 2.22. The van der Waals surface area contributed by atoms with Crippen LogP contribution in [0.3, 0.4) is 0 Å². The number of aromatic nitrogens is 3. The van der Waals surface area contributed by atoms with E-state index in [9.17, 15) is 4.79 Å². The first-order chi connectivity index (χ1) is 11.3. The topological polar surface area (TPSA) is 54.3 Å². The Morgan fingerprint density at radius 2 is 2.04 bits per heavy atom. The Hall–Kier alpha value is -1.73.